The predicted molar refractivity (Wildman–Crippen MR) is 85.8 cm³/mol. The van der Waals surface area contributed by atoms with Crippen molar-refractivity contribution in [1.29, 1.82) is 0 Å². The van der Waals surface area contributed by atoms with Crippen LogP contribution in [0.2, 0.25) is 5.02 Å². The molecule has 110 valence electrons. The Morgan fingerprint density at radius 2 is 1.86 bits per heavy atom. The van der Waals surface area contributed by atoms with Gasteiger partial charge in [-0.3, -0.25) is 10.1 Å². The second-order valence-corrected chi connectivity index (χ2v) is 5.25. The molecule has 0 aliphatic rings. The van der Waals surface area contributed by atoms with Crippen LogP contribution in [0.15, 0.2) is 48.5 Å². The monoisotopic (exact) mass is 304 g/mol. The van der Waals surface area contributed by atoms with E-state index in [0.717, 1.165) is 18.4 Å². The highest BCUT2D eigenvalue weighted by atomic mass is 35.5. The fraction of sp³-hybridized carbons (Fsp3) is 0.250. The lowest BCUT2D eigenvalue weighted by atomic mass is 10.0. The second kappa shape index (κ2) is 7.09. The van der Waals surface area contributed by atoms with Crippen LogP contribution in [0.4, 0.5) is 11.4 Å². The number of benzene rings is 2. The zero-order valence-corrected chi connectivity index (χ0v) is 12.5. The van der Waals surface area contributed by atoms with Crippen LogP contribution in [-0.4, -0.2) is 4.92 Å². The topological polar surface area (TPSA) is 55.2 Å². The van der Waals surface area contributed by atoms with Crippen molar-refractivity contribution in [2.45, 2.75) is 25.8 Å². The van der Waals surface area contributed by atoms with E-state index in [-0.39, 0.29) is 16.7 Å². The van der Waals surface area contributed by atoms with E-state index in [2.05, 4.69) is 12.2 Å². The summed E-state index contributed by atoms with van der Waals surface area (Å²) >= 11 is 5.91. The first-order chi connectivity index (χ1) is 10.1. The minimum Gasteiger partial charge on any atom is -0.373 e. The zero-order valence-electron chi connectivity index (χ0n) is 11.8. The lowest BCUT2D eigenvalue weighted by Gasteiger charge is -2.20. The van der Waals surface area contributed by atoms with Crippen LogP contribution in [0.25, 0.3) is 0 Å². The fourth-order valence-corrected chi connectivity index (χ4v) is 2.37. The van der Waals surface area contributed by atoms with Gasteiger partial charge >= 0.3 is 0 Å². The number of nitro benzene ring substituents is 1. The van der Waals surface area contributed by atoms with Gasteiger partial charge in [0.15, 0.2) is 0 Å². The molecule has 0 heterocycles. The molecule has 2 aromatic carbocycles. The van der Waals surface area contributed by atoms with Gasteiger partial charge in [-0.25, -0.2) is 0 Å². The first-order valence-corrected chi connectivity index (χ1v) is 7.25. The van der Waals surface area contributed by atoms with Crippen LogP contribution in [0.3, 0.4) is 0 Å². The Hall–Kier alpha value is -2.07. The maximum atomic E-state index is 11.1. The largest absolute Gasteiger partial charge is 0.373 e. The number of nitro groups is 1. The van der Waals surface area contributed by atoms with E-state index in [1.165, 1.54) is 6.07 Å². The molecule has 1 N–H and O–H groups in total. The number of rotatable bonds is 6. The molecule has 0 saturated carbocycles. The van der Waals surface area contributed by atoms with Crippen molar-refractivity contribution < 1.29 is 4.92 Å². The minimum absolute atomic E-state index is 0.0216. The number of anilines is 1. The van der Waals surface area contributed by atoms with Crippen LogP contribution >= 0.6 is 11.6 Å². The van der Waals surface area contributed by atoms with Crippen LogP contribution in [0.1, 0.15) is 31.4 Å². The molecule has 0 fully saturated rings. The van der Waals surface area contributed by atoms with E-state index < -0.39 is 0 Å². The number of hydrogen-bond donors (Lipinski definition) is 1. The fourth-order valence-electron chi connectivity index (χ4n) is 2.25. The van der Waals surface area contributed by atoms with Crippen LogP contribution in [0.5, 0.6) is 0 Å². The lowest BCUT2D eigenvalue weighted by Crippen LogP contribution is -2.11. The number of nitrogens with one attached hydrogen (secondary N) is 1. The molecule has 0 amide bonds. The van der Waals surface area contributed by atoms with Gasteiger partial charge in [0.2, 0.25) is 0 Å². The molecule has 0 aromatic heterocycles. The van der Waals surface area contributed by atoms with E-state index in [1.54, 1.807) is 18.2 Å². The third-order valence-electron chi connectivity index (χ3n) is 3.28. The molecular formula is C16H17ClN2O2. The number of nitrogens with zero attached hydrogens (tertiary/aromatic N) is 1. The summed E-state index contributed by atoms with van der Waals surface area (Å²) < 4.78 is 0. The van der Waals surface area contributed by atoms with Gasteiger partial charge in [0.1, 0.15) is 5.69 Å². The molecule has 0 aliphatic carbocycles. The molecular weight excluding hydrogens is 288 g/mol. The maximum Gasteiger partial charge on any atom is 0.292 e. The molecule has 0 aliphatic heterocycles. The molecule has 4 nitrogen and oxygen atoms in total. The molecule has 0 spiro atoms. The Bertz CT molecular complexity index is 614. The van der Waals surface area contributed by atoms with Gasteiger partial charge < -0.3 is 5.32 Å². The minimum atomic E-state index is -0.368. The Balaban J connectivity index is 2.28. The van der Waals surface area contributed by atoms with Crippen molar-refractivity contribution >= 4 is 23.0 Å². The third-order valence-corrected chi connectivity index (χ3v) is 3.53. The average molecular weight is 305 g/mol. The lowest BCUT2D eigenvalue weighted by molar-refractivity contribution is -0.384. The molecule has 2 rings (SSSR count). The van der Waals surface area contributed by atoms with Crippen LogP contribution in [0, 0.1) is 10.1 Å². The zero-order chi connectivity index (χ0) is 15.2. The molecule has 21 heavy (non-hydrogen) atoms. The van der Waals surface area contributed by atoms with E-state index in [4.69, 9.17) is 11.6 Å². The standard InChI is InChI=1S/C16H17ClN2O2/c1-2-5-14(12-8-10-13(17)11-9-12)18-15-6-3-4-7-16(15)19(20)21/h3-4,6-11,14,18H,2,5H2,1H3. The quantitative estimate of drug-likeness (QED) is 0.589. The maximum absolute atomic E-state index is 11.1. The second-order valence-electron chi connectivity index (χ2n) is 4.81. The summed E-state index contributed by atoms with van der Waals surface area (Å²) in [6, 6.07) is 14.3. The summed E-state index contributed by atoms with van der Waals surface area (Å²) in [5, 5.41) is 15.1. The number of hydrogen-bond acceptors (Lipinski definition) is 3. The van der Waals surface area contributed by atoms with E-state index >= 15 is 0 Å². The normalized spacial score (nSPS) is 11.9. The molecule has 2 aromatic rings. The first kappa shape index (κ1) is 15.3. The smallest absolute Gasteiger partial charge is 0.292 e. The predicted octanol–water partition coefficient (Wildman–Crippen LogP) is 5.20. The highest BCUT2D eigenvalue weighted by Gasteiger charge is 2.17. The van der Waals surface area contributed by atoms with Crippen molar-refractivity contribution in [1.82, 2.24) is 0 Å². The van der Waals surface area contributed by atoms with E-state index in [0.29, 0.717) is 10.7 Å². The Kier molecular flexibility index (Phi) is 5.17. The van der Waals surface area contributed by atoms with E-state index in [9.17, 15) is 10.1 Å². The van der Waals surface area contributed by atoms with Gasteiger partial charge in [-0.15, -0.1) is 0 Å². The SMILES string of the molecule is CCCC(Nc1ccccc1[N+](=O)[O-])c1ccc(Cl)cc1. The molecule has 0 saturated heterocycles. The van der Waals surface area contributed by atoms with Crippen LogP contribution in [-0.2, 0) is 0 Å². The van der Waals surface area contributed by atoms with Gasteiger partial charge in [-0.05, 0) is 30.2 Å². The Morgan fingerprint density at radius 3 is 2.48 bits per heavy atom. The first-order valence-electron chi connectivity index (χ1n) is 6.87. The van der Waals surface area contributed by atoms with Gasteiger partial charge in [0.25, 0.3) is 5.69 Å². The van der Waals surface area contributed by atoms with Crippen LogP contribution < -0.4 is 5.32 Å². The van der Waals surface area contributed by atoms with Gasteiger partial charge in [0, 0.05) is 11.1 Å². The summed E-state index contributed by atoms with van der Waals surface area (Å²) in [7, 11) is 0. The molecule has 1 atom stereocenters. The summed E-state index contributed by atoms with van der Waals surface area (Å²) in [6.45, 7) is 2.09. The molecule has 0 bridgehead atoms. The van der Waals surface area contributed by atoms with E-state index in [1.807, 2.05) is 24.3 Å². The van der Waals surface area contributed by atoms with Gasteiger partial charge in [0.05, 0.1) is 11.0 Å². The average Bonchev–Trinajstić information content (AvgIpc) is 2.48. The van der Waals surface area contributed by atoms with Crippen molar-refractivity contribution in [3.63, 3.8) is 0 Å². The summed E-state index contributed by atoms with van der Waals surface area (Å²) in [5.74, 6) is 0. The molecule has 0 radical (unpaired) electrons. The highest BCUT2D eigenvalue weighted by Crippen LogP contribution is 2.30. The highest BCUT2D eigenvalue weighted by molar-refractivity contribution is 6.30. The number of halogens is 1. The third kappa shape index (κ3) is 3.95. The summed E-state index contributed by atoms with van der Waals surface area (Å²) in [5.41, 5.74) is 1.70. The van der Waals surface area contributed by atoms with Gasteiger partial charge in [-0.1, -0.05) is 49.2 Å². The molecule has 1 unspecified atom stereocenters. The number of para-hydroxylation sites is 2. The van der Waals surface area contributed by atoms with Crippen molar-refractivity contribution in [3.05, 3.63) is 69.2 Å². The van der Waals surface area contributed by atoms with Crippen molar-refractivity contribution in [3.8, 4) is 0 Å². The van der Waals surface area contributed by atoms with Gasteiger partial charge in [-0.2, -0.15) is 0 Å². The Labute approximate surface area is 128 Å². The molecule has 5 heteroatoms. The summed E-state index contributed by atoms with van der Waals surface area (Å²) in [6.07, 6.45) is 1.86. The van der Waals surface area contributed by atoms with Crippen molar-refractivity contribution in [2.24, 2.45) is 0 Å². The Morgan fingerprint density at radius 1 is 1.19 bits per heavy atom. The summed E-state index contributed by atoms with van der Waals surface area (Å²) in [4.78, 5) is 10.7. The van der Waals surface area contributed by atoms with Crippen molar-refractivity contribution in [2.75, 3.05) is 5.32 Å².